The van der Waals surface area contributed by atoms with E-state index >= 15 is 4.79 Å². The Hall–Kier alpha value is -2.40. The van der Waals surface area contributed by atoms with Gasteiger partial charge in [-0.25, -0.2) is 0 Å². The molecule has 0 bridgehead atoms. The number of carbonyl (C=O) groups is 2. The molecule has 6 aliphatic heterocycles. The van der Waals surface area contributed by atoms with Crippen LogP contribution in [0, 0.1) is 50.2 Å². The van der Waals surface area contributed by atoms with Crippen molar-refractivity contribution in [2.45, 2.75) is 265 Å². The number of hydrogen-bond acceptors (Lipinski definition) is 30. The Morgan fingerprint density at radius 2 is 1.14 bits per heavy atom. The molecule has 10 fully saturated rings. The van der Waals surface area contributed by atoms with Crippen LogP contribution in [-0.4, -0.2) is 304 Å². The van der Waals surface area contributed by atoms with Crippen LogP contribution < -0.4 is 0 Å². The first-order valence-corrected chi connectivity index (χ1v) is 32.5. The third-order valence-electron chi connectivity index (χ3n) is 24.2. The summed E-state index contributed by atoms with van der Waals surface area (Å²) in [5.41, 5.74) is -8.74. The minimum Gasteiger partial charge on any atom is -0.481 e. The molecule has 93 heavy (non-hydrogen) atoms. The van der Waals surface area contributed by atoms with Crippen LogP contribution in [0.2, 0.25) is 0 Å². The van der Waals surface area contributed by atoms with Crippen LogP contribution in [0.15, 0.2) is 11.6 Å². The Morgan fingerprint density at radius 3 is 1.75 bits per heavy atom. The standard InChI is InChI=1S/C62H98O31/c1-25-41(89-47-39(73)42(30(68)19-82-47)90-51-45(75)61(80,21-64)23-84-51)43(91-52-46(76)62(81,22-65)24-85-52)40(74)49(86-25)92-44-35(69)29(67)18-83-50(44)93-54(79)60-12-10-55(2,3)15-27(60)26-8-9-33-56(4)16-28(66)31(87-48-38(72)37(71)36(70)32(17-63)88-48)14-34(56)57(5,53(77)78)20-59(33,7)58(26,6)11-13-60/h8,25,27-52,63-76,80-81H,9-24H2,1-7H3,(H,77,78)/t25-,27?,28-,29-,30+,31+,32+,33?,34?,35-,36+,37-,38+,39+,40+,41-,42-,43-,44+,45-,46+,47-,48+,49-,50-,51-,52+,56+,57-,58+,59+,60-,61+,62-/m0/s1. The van der Waals surface area contributed by atoms with Gasteiger partial charge < -0.3 is 144 Å². The van der Waals surface area contributed by atoms with Crippen LogP contribution in [-0.2, 0) is 66.4 Å². The monoisotopic (exact) mass is 1340 g/mol. The van der Waals surface area contributed by atoms with Crippen molar-refractivity contribution < 1.29 is 153 Å². The number of carboxylic acid groups (broad SMARTS) is 1. The molecule has 31 nitrogen and oxygen atoms in total. The summed E-state index contributed by atoms with van der Waals surface area (Å²) in [4.78, 5) is 29.7. The quantitative estimate of drug-likeness (QED) is 0.0392. The maximum absolute atomic E-state index is 15.7. The fraction of sp³-hybridized carbons (Fsp3) is 0.935. The highest BCUT2D eigenvalue weighted by Crippen LogP contribution is 2.77. The number of rotatable bonds is 16. The molecule has 17 N–H and O–H groups in total. The van der Waals surface area contributed by atoms with Gasteiger partial charge in [-0.2, -0.15) is 0 Å². The molecule has 0 amide bonds. The van der Waals surface area contributed by atoms with Crippen LogP contribution >= 0.6 is 0 Å². The van der Waals surface area contributed by atoms with Gasteiger partial charge in [-0.15, -0.1) is 0 Å². The van der Waals surface area contributed by atoms with E-state index in [2.05, 4.69) is 33.8 Å². The van der Waals surface area contributed by atoms with Crippen LogP contribution in [0.3, 0.4) is 0 Å². The van der Waals surface area contributed by atoms with Crippen molar-refractivity contribution in [3.63, 3.8) is 0 Å². The van der Waals surface area contributed by atoms with Crippen molar-refractivity contribution >= 4 is 11.9 Å². The minimum atomic E-state index is -2.24. The van der Waals surface area contributed by atoms with Gasteiger partial charge in [0.05, 0.1) is 75.4 Å². The van der Waals surface area contributed by atoms with Gasteiger partial charge in [0.25, 0.3) is 0 Å². The van der Waals surface area contributed by atoms with Gasteiger partial charge in [-0.05, 0) is 111 Å². The molecule has 3 unspecified atom stereocenters. The maximum Gasteiger partial charge on any atom is 0.315 e. The van der Waals surface area contributed by atoms with E-state index in [4.69, 9.17) is 56.8 Å². The molecule has 0 aromatic rings. The Balaban J connectivity index is 0.842. The number of allylic oxidation sites excluding steroid dienone is 2. The van der Waals surface area contributed by atoms with Crippen LogP contribution in [0.5, 0.6) is 0 Å². The van der Waals surface area contributed by atoms with E-state index in [0.717, 1.165) is 5.57 Å². The molecule has 6 saturated heterocycles. The fourth-order valence-electron chi connectivity index (χ4n) is 18.4. The molecule has 34 atom stereocenters. The molecular weight excluding hydrogens is 1240 g/mol. The molecule has 31 heteroatoms. The lowest BCUT2D eigenvalue weighted by Crippen LogP contribution is -2.69. The second-order valence-corrected chi connectivity index (χ2v) is 30.4. The summed E-state index contributed by atoms with van der Waals surface area (Å²) in [5.74, 6) is -3.08. The molecular formula is C62H98O31. The van der Waals surface area contributed by atoms with Crippen molar-refractivity contribution in [3.05, 3.63) is 11.6 Å². The van der Waals surface area contributed by atoms with Crippen molar-refractivity contribution in [1.82, 2.24) is 0 Å². The van der Waals surface area contributed by atoms with Crippen LogP contribution in [0.1, 0.15) is 106 Å². The normalized spacial score (nSPS) is 54.6. The maximum atomic E-state index is 15.7. The van der Waals surface area contributed by atoms with E-state index in [0.29, 0.717) is 32.1 Å². The average Bonchev–Trinajstić information content (AvgIpc) is 1.17. The number of carboxylic acids is 1. The van der Waals surface area contributed by atoms with E-state index in [1.54, 1.807) is 6.92 Å². The molecule has 0 spiro atoms. The van der Waals surface area contributed by atoms with Gasteiger partial charge in [-0.1, -0.05) is 46.3 Å². The predicted molar refractivity (Wildman–Crippen MR) is 306 cm³/mol. The first-order chi connectivity index (χ1) is 43.5. The van der Waals surface area contributed by atoms with Crippen molar-refractivity contribution in [1.29, 1.82) is 0 Å². The topological polar surface area (TPSA) is 489 Å². The van der Waals surface area contributed by atoms with Gasteiger partial charge >= 0.3 is 11.9 Å². The van der Waals surface area contributed by atoms with Gasteiger partial charge in [-0.3, -0.25) is 9.59 Å². The largest absolute Gasteiger partial charge is 0.481 e. The highest BCUT2D eigenvalue weighted by molar-refractivity contribution is 5.79. The number of esters is 1. The smallest absolute Gasteiger partial charge is 0.315 e. The molecule has 11 rings (SSSR count). The molecule has 0 aromatic heterocycles. The van der Waals surface area contributed by atoms with E-state index in [9.17, 15) is 91.6 Å². The molecule has 4 saturated carbocycles. The van der Waals surface area contributed by atoms with E-state index in [-0.39, 0.29) is 37.0 Å². The average molecular weight is 1340 g/mol. The molecule has 532 valence electrons. The number of aliphatic hydroxyl groups excluding tert-OH is 14. The summed E-state index contributed by atoms with van der Waals surface area (Å²) >= 11 is 0. The number of aliphatic hydroxyl groups is 16. The molecule has 0 aromatic carbocycles. The van der Waals surface area contributed by atoms with Crippen molar-refractivity contribution in [2.24, 2.45) is 50.2 Å². The minimum absolute atomic E-state index is 0.0297. The van der Waals surface area contributed by atoms with Gasteiger partial charge in [0, 0.05) is 0 Å². The first-order valence-electron chi connectivity index (χ1n) is 32.5. The Labute approximate surface area is 536 Å². The number of ether oxygens (including phenoxy) is 12. The fourth-order valence-corrected chi connectivity index (χ4v) is 18.4. The van der Waals surface area contributed by atoms with Crippen molar-refractivity contribution in [3.8, 4) is 0 Å². The molecule has 0 radical (unpaired) electrons. The van der Waals surface area contributed by atoms with Crippen LogP contribution in [0.25, 0.3) is 0 Å². The molecule has 11 aliphatic rings. The number of fused-ring (bicyclic) bond motifs is 7. The Morgan fingerprint density at radius 1 is 0.570 bits per heavy atom. The Bertz CT molecular complexity index is 2710. The number of aliphatic carboxylic acids is 1. The number of hydrogen-bond donors (Lipinski definition) is 17. The zero-order valence-corrected chi connectivity index (χ0v) is 53.3. The Kier molecular flexibility index (Phi) is 20.1. The zero-order chi connectivity index (χ0) is 67.8. The summed E-state index contributed by atoms with van der Waals surface area (Å²) in [6, 6.07) is 0. The molecule has 6 heterocycles. The summed E-state index contributed by atoms with van der Waals surface area (Å²) in [5, 5.41) is 186. The van der Waals surface area contributed by atoms with Crippen LogP contribution in [0.4, 0.5) is 0 Å². The van der Waals surface area contributed by atoms with Gasteiger partial charge in [0.2, 0.25) is 6.29 Å². The lowest BCUT2D eigenvalue weighted by Gasteiger charge is -2.72. The highest BCUT2D eigenvalue weighted by Gasteiger charge is 2.74. The third kappa shape index (κ3) is 12.0. The second kappa shape index (κ2) is 26.0. The highest BCUT2D eigenvalue weighted by atomic mass is 16.8. The zero-order valence-electron chi connectivity index (χ0n) is 53.3. The summed E-state index contributed by atoms with van der Waals surface area (Å²) < 4.78 is 71.4. The lowest BCUT2D eigenvalue weighted by atomic mass is 9.32. The third-order valence-corrected chi connectivity index (χ3v) is 24.2. The van der Waals surface area contributed by atoms with E-state index < -0.39 is 256 Å². The van der Waals surface area contributed by atoms with Gasteiger partial charge in [0.15, 0.2) is 37.6 Å². The lowest BCUT2D eigenvalue weighted by molar-refractivity contribution is -0.383. The van der Waals surface area contributed by atoms with E-state index in [1.807, 2.05) is 6.92 Å². The SMILES string of the molecule is C[C@@H]1O[C@@H](O[C@H]2[C@H](OC(=O)[C@]34CCC(C)(C)CC3C3=CCC5[C@@]6(C)C[C@H](O)[C@H](O[C@@H]7O[C@H](CO)[C@@H](O)[C@H](O)[C@H]7O)CC6[C@@](C)(C(=O)O)C[C@@]5(C)[C@]3(C)CC4)OC[C@H](O)[C@@H]2O)[C@H](O)[C@H](O[C@H]2OC[C@@](O)(CO)[C@@H]2O)[C@H]1O[C@@H]1OC[C@@H](O)[C@H](O[C@@H]2OC[C@](O)(CO)[C@H]2O)[C@H]1O. The van der Waals surface area contributed by atoms with E-state index in [1.165, 1.54) is 6.92 Å². The summed E-state index contributed by atoms with van der Waals surface area (Å²) in [6.45, 7) is 8.72. The summed E-state index contributed by atoms with van der Waals surface area (Å²) in [6.07, 6.45) is -35.2. The first kappa shape index (κ1) is 71.9. The predicted octanol–water partition coefficient (Wildman–Crippen LogP) is -4.76. The molecule has 5 aliphatic carbocycles. The van der Waals surface area contributed by atoms with Crippen molar-refractivity contribution in [2.75, 3.05) is 46.2 Å². The second-order valence-electron chi connectivity index (χ2n) is 30.4. The number of carbonyl (C=O) groups excluding carboxylic acids is 1. The summed E-state index contributed by atoms with van der Waals surface area (Å²) in [7, 11) is 0. The van der Waals surface area contributed by atoms with Gasteiger partial charge in [0.1, 0.15) is 96.7 Å².